The van der Waals surface area contributed by atoms with Crippen molar-refractivity contribution in [3.8, 4) is 0 Å². The zero-order chi connectivity index (χ0) is 14.4. The summed E-state index contributed by atoms with van der Waals surface area (Å²) in [6.45, 7) is 7.61. The molecule has 0 aliphatic rings. The number of hydrogen-bond acceptors (Lipinski definition) is 1. The molecule has 0 aliphatic heterocycles. The smallest absolute Gasteiger partial charge is 0.168 e. The van der Waals surface area contributed by atoms with E-state index in [0.29, 0.717) is 5.92 Å². The second kappa shape index (κ2) is 6.87. The van der Waals surface area contributed by atoms with Gasteiger partial charge < -0.3 is 4.43 Å². The van der Waals surface area contributed by atoms with E-state index in [4.69, 9.17) is 4.43 Å². The van der Waals surface area contributed by atoms with Gasteiger partial charge in [-0.1, -0.05) is 74.5 Å². The fourth-order valence-electron chi connectivity index (χ4n) is 2.83. The molecule has 0 aromatic heterocycles. The molecule has 2 aromatic carbocycles. The van der Waals surface area contributed by atoms with Gasteiger partial charge in [0.05, 0.1) is 0 Å². The summed E-state index contributed by atoms with van der Waals surface area (Å²) in [6.07, 6.45) is 0. The minimum absolute atomic E-state index is 0.193. The molecule has 0 saturated heterocycles. The van der Waals surface area contributed by atoms with Gasteiger partial charge in [0.2, 0.25) is 0 Å². The topological polar surface area (TPSA) is 9.23 Å². The van der Waals surface area contributed by atoms with Crippen molar-refractivity contribution in [2.45, 2.75) is 31.7 Å². The Kier molecular flexibility index (Phi) is 5.15. The quantitative estimate of drug-likeness (QED) is 0.725. The van der Waals surface area contributed by atoms with Gasteiger partial charge in [0, 0.05) is 12.5 Å². The molecule has 2 aromatic rings. The summed E-state index contributed by atoms with van der Waals surface area (Å²) >= 11 is 0. The monoisotopic (exact) mass is 284 g/mol. The van der Waals surface area contributed by atoms with E-state index in [2.05, 4.69) is 81.4 Å². The molecule has 0 atom stereocenters. The van der Waals surface area contributed by atoms with E-state index in [1.807, 2.05) is 0 Å². The Labute approximate surface area is 124 Å². The van der Waals surface area contributed by atoms with Crippen molar-refractivity contribution < 1.29 is 4.43 Å². The van der Waals surface area contributed by atoms with Crippen LogP contribution in [-0.2, 0) is 4.43 Å². The van der Waals surface area contributed by atoms with Gasteiger partial charge in [-0.2, -0.15) is 0 Å². The van der Waals surface area contributed by atoms with Crippen molar-refractivity contribution in [1.29, 1.82) is 0 Å². The van der Waals surface area contributed by atoms with Crippen molar-refractivity contribution in [1.82, 2.24) is 0 Å². The Balaban J connectivity index is 2.40. The van der Waals surface area contributed by atoms with Crippen LogP contribution in [0.2, 0.25) is 5.04 Å². The van der Waals surface area contributed by atoms with Gasteiger partial charge in [-0.15, -0.1) is 0 Å². The normalized spacial score (nSPS) is 12.4. The van der Waals surface area contributed by atoms with Crippen molar-refractivity contribution in [2.75, 3.05) is 6.61 Å². The minimum atomic E-state index is -0.596. The number of benzene rings is 2. The lowest BCUT2D eigenvalue weighted by atomic mass is 9.82. The summed E-state index contributed by atoms with van der Waals surface area (Å²) in [4.78, 5) is 0. The van der Waals surface area contributed by atoms with E-state index in [9.17, 15) is 0 Å². The summed E-state index contributed by atoms with van der Waals surface area (Å²) in [7, 11) is -0.596. The lowest BCUT2D eigenvalue weighted by Gasteiger charge is -2.34. The zero-order valence-electron chi connectivity index (χ0n) is 12.7. The minimum Gasteiger partial charge on any atom is -0.424 e. The molecule has 0 unspecified atom stereocenters. The average Bonchev–Trinajstić information content (AvgIpc) is 2.47. The first-order chi connectivity index (χ1) is 9.65. The summed E-state index contributed by atoms with van der Waals surface area (Å²) in [5.74, 6) is 0.406. The highest BCUT2D eigenvalue weighted by atomic mass is 28.2. The number of hydrogen-bond donors (Lipinski definition) is 0. The van der Waals surface area contributed by atoms with E-state index >= 15 is 0 Å². The molecular weight excluding hydrogens is 260 g/mol. The van der Waals surface area contributed by atoms with Gasteiger partial charge in [0.25, 0.3) is 0 Å². The first kappa shape index (κ1) is 15.0. The van der Waals surface area contributed by atoms with Crippen LogP contribution in [-0.4, -0.2) is 16.4 Å². The molecule has 1 nitrogen and oxygen atoms in total. The average molecular weight is 284 g/mol. The second-order valence-electron chi connectivity index (χ2n) is 5.88. The van der Waals surface area contributed by atoms with Crippen molar-refractivity contribution >= 4 is 9.76 Å². The maximum Gasteiger partial charge on any atom is 0.168 e. The van der Waals surface area contributed by atoms with Gasteiger partial charge in [0.15, 0.2) is 9.76 Å². The van der Waals surface area contributed by atoms with E-state index in [1.165, 1.54) is 11.1 Å². The fourth-order valence-corrected chi connectivity index (χ4v) is 4.20. The summed E-state index contributed by atoms with van der Waals surface area (Å²) in [5, 5.41) is 0.193. The first-order valence-corrected chi connectivity index (χ1v) is 8.61. The molecule has 0 bridgehead atoms. The van der Waals surface area contributed by atoms with Gasteiger partial charge in [0.1, 0.15) is 0 Å². The van der Waals surface area contributed by atoms with E-state index in [-0.39, 0.29) is 5.04 Å². The molecule has 20 heavy (non-hydrogen) atoms. The molecule has 0 radical (unpaired) electrons. The zero-order valence-corrected chi connectivity index (χ0v) is 14.1. The third-order valence-electron chi connectivity index (χ3n) is 3.73. The highest BCUT2D eigenvalue weighted by Crippen LogP contribution is 2.45. The van der Waals surface area contributed by atoms with Crippen LogP contribution in [0.25, 0.3) is 0 Å². The highest BCUT2D eigenvalue weighted by molar-refractivity contribution is 6.32. The second-order valence-corrected chi connectivity index (χ2v) is 8.40. The van der Waals surface area contributed by atoms with Crippen LogP contribution >= 0.6 is 0 Å². The molecule has 106 valence electrons. The molecular formula is C18H24OSi. The van der Waals surface area contributed by atoms with Crippen LogP contribution in [0.15, 0.2) is 60.7 Å². The van der Waals surface area contributed by atoms with Crippen molar-refractivity contribution in [3.05, 3.63) is 71.8 Å². The van der Waals surface area contributed by atoms with E-state index in [1.54, 1.807) is 0 Å². The Morgan fingerprint density at radius 1 is 0.900 bits per heavy atom. The van der Waals surface area contributed by atoms with E-state index < -0.39 is 9.76 Å². The van der Waals surface area contributed by atoms with Crippen LogP contribution in [0.3, 0.4) is 0 Å². The van der Waals surface area contributed by atoms with Crippen molar-refractivity contribution in [2.24, 2.45) is 0 Å². The standard InChI is InChI=1S/C18H24OSi/c1-4-19-20-18(2,3)17(15-11-7-5-8-12-15)16-13-9-6-10-14-16/h5-14,17H,4,20H2,1-3H3. The van der Waals surface area contributed by atoms with Crippen LogP contribution in [0.5, 0.6) is 0 Å². The summed E-state index contributed by atoms with van der Waals surface area (Å²) in [6, 6.07) is 21.6. The molecule has 0 spiro atoms. The van der Waals surface area contributed by atoms with Crippen LogP contribution < -0.4 is 0 Å². The SMILES string of the molecule is CCO[SiH2]C(C)(C)C(c1ccccc1)c1ccccc1. The largest absolute Gasteiger partial charge is 0.424 e. The third-order valence-corrected chi connectivity index (χ3v) is 5.49. The lowest BCUT2D eigenvalue weighted by Crippen LogP contribution is -2.25. The Morgan fingerprint density at radius 2 is 1.35 bits per heavy atom. The van der Waals surface area contributed by atoms with Gasteiger partial charge >= 0.3 is 0 Å². The summed E-state index contributed by atoms with van der Waals surface area (Å²) in [5.41, 5.74) is 2.77. The third kappa shape index (κ3) is 3.59. The molecule has 2 rings (SSSR count). The lowest BCUT2D eigenvalue weighted by molar-refractivity contribution is 0.333. The van der Waals surface area contributed by atoms with Crippen LogP contribution in [0.4, 0.5) is 0 Å². The Hall–Kier alpha value is -1.38. The molecule has 0 aliphatic carbocycles. The predicted octanol–water partition coefficient (Wildman–Crippen LogP) is 4.14. The van der Waals surface area contributed by atoms with Crippen LogP contribution in [0, 0.1) is 0 Å². The summed E-state index contributed by atoms with van der Waals surface area (Å²) < 4.78 is 5.86. The highest BCUT2D eigenvalue weighted by Gasteiger charge is 2.32. The van der Waals surface area contributed by atoms with Gasteiger partial charge in [-0.25, -0.2) is 0 Å². The molecule has 0 heterocycles. The van der Waals surface area contributed by atoms with Crippen molar-refractivity contribution in [3.63, 3.8) is 0 Å². The molecule has 0 fully saturated rings. The molecule has 0 amide bonds. The predicted molar refractivity (Wildman–Crippen MR) is 88.9 cm³/mol. The van der Waals surface area contributed by atoms with E-state index in [0.717, 1.165) is 6.61 Å². The fraction of sp³-hybridized carbons (Fsp3) is 0.333. The molecule has 0 saturated carbocycles. The number of rotatable bonds is 6. The van der Waals surface area contributed by atoms with Gasteiger partial charge in [-0.05, 0) is 23.1 Å². The maximum atomic E-state index is 5.86. The first-order valence-electron chi connectivity index (χ1n) is 7.33. The van der Waals surface area contributed by atoms with Gasteiger partial charge in [-0.3, -0.25) is 0 Å². The Morgan fingerprint density at radius 3 is 1.75 bits per heavy atom. The maximum absolute atomic E-state index is 5.86. The molecule has 2 heteroatoms. The Bertz CT molecular complexity index is 468. The molecule has 0 N–H and O–H groups in total. The van der Waals surface area contributed by atoms with Crippen LogP contribution in [0.1, 0.15) is 37.8 Å².